The fourth-order valence-corrected chi connectivity index (χ4v) is 0.922. The van der Waals surface area contributed by atoms with Gasteiger partial charge in [-0.05, 0) is 13.8 Å². The summed E-state index contributed by atoms with van der Waals surface area (Å²) >= 11 is 21.8. The van der Waals surface area contributed by atoms with Crippen LogP contribution in [-0.4, -0.2) is 33.4 Å². The number of carbonyl (C=O) groups is 1. The quantitative estimate of drug-likeness (QED) is 0.743. The predicted octanol–water partition coefficient (Wildman–Crippen LogP) is 3.40. The minimum atomic E-state index is -1.82. The molecule has 0 aliphatic rings. The van der Waals surface area contributed by atoms with Crippen LogP contribution in [0.4, 0.5) is 4.79 Å². The lowest BCUT2D eigenvalue weighted by molar-refractivity contribution is 0.0952. The van der Waals surface area contributed by atoms with E-state index in [4.69, 9.17) is 51.1 Å². The molecule has 0 aliphatic carbocycles. The number of alkyl halides is 4. The number of ether oxygens (including phenoxy) is 1. The average molecular weight is 283 g/mol. The van der Waals surface area contributed by atoms with E-state index in [2.05, 4.69) is 0 Å². The Labute approximate surface area is 103 Å². The topological polar surface area (TPSA) is 29.5 Å². The first-order valence-electron chi connectivity index (χ1n) is 3.99. The van der Waals surface area contributed by atoms with Gasteiger partial charge in [0.2, 0.25) is 9.36 Å². The smallest absolute Gasteiger partial charge is 0.411 e. The molecule has 0 N–H and O–H groups in total. The van der Waals surface area contributed by atoms with Gasteiger partial charge < -0.3 is 9.64 Å². The zero-order chi connectivity index (χ0) is 11.4. The Balaban J connectivity index is 4.18. The Morgan fingerprint density at radius 2 is 1.79 bits per heavy atom. The van der Waals surface area contributed by atoms with Crippen molar-refractivity contribution in [3.05, 3.63) is 0 Å². The summed E-state index contributed by atoms with van der Waals surface area (Å²) in [5.41, 5.74) is -1.29. The molecule has 0 saturated heterocycles. The van der Waals surface area contributed by atoms with Crippen molar-refractivity contribution in [3.63, 3.8) is 0 Å². The van der Waals surface area contributed by atoms with Crippen LogP contribution in [0.15, 0.2) is 0 Å². The molecule has 1 atom stereocenters. The van der Waals surface area contributed by atoms with E-state index in [-0.39, 0.29) is 0 Å². The van der Waals surface area contributed by atoms with Gasteiger partial charge in [-0.2, -0.15) is 0 Å². The number of carbonyl (C=O) groups excluding carboxylic acids is 1. The summed E-state index contributed by atoms with van der Waals surface area (Å²) < 4.78 is 2.90. The molecule has 0 radical (unpaired) electrons. The number of nitrogens with zero attached hydrogens (tertiary/aromatic N) is 1. The van der Waals surface area contributed by atoms with Gasteiger partial charge in [-0.25, -0.2) is 4.79 Å². The van der Waals surface area contributed by atoms with Crippen molar-refractivity contribution >= 4 is 52.5 Å². The molecule has 0 bridgehead atoms. The summed E-state index contributed by atoms with van der Waals surface area (Å²) in [4.78, 5) is 12.7. The van der Waals surface area contributed by atoms with Gasteiger partial charge in [0.15, 0.2) is 0 Å². The Morgan fingerprint density at radius 3 is 2.07 bits per heavy atom. The van der Waals surface area contributed by atoms with Crippen LogP contribution in [0.25, 0.3) is 0 Å². The molecule has 3 nitrogen and oxygen atoms in total. The van der Waals surface area contributed by atoms with E-state index in [9.17, 15) is 4.79 Å². The Morgan fingerprint density at radius 1 is 1.36 bits per heavy atom. The molecule has 7 heteroatoms. The molecular formula is C7H11Cl4NO2. The van der Waals surface area contributed by atoms with Crippen molar-refractivity contribution in [1.29, 1.82) is 0 Å². The van der Waals surface area contributed by atoms with Gasteiger partial charge >= 0.3 is 6.09 Å². The highest BCUT2D eigenvalue weighted by molar-refractivity contribution is 6.70. The zero-order valence-corrected chi connectivity index (χ0v) is 10.8. The average Bonchev–Trinajstić information content (AvgIpc) is 2.04. The molecule has 14 heavy (non-hydrogen) atoms. The van der Waals surface area contributed by atoms with Crippen molar-refractivity contribution in [2.24, 2.45) is 0 Å². The lowest BCUT2D eigenvalue weighted by atomic mass is 10.5. The Bertz CT molecular complexity index is 191. The van der Waals surface area contributed by atoms with Crippen LogP contribution in [0.1, 0.15) is 13.8 Å². The number of hydrogen-bond acceptors (Lipinski definition) is 2. The first-order chi connectivity index (χ1) is 6.32. The molecule has 0 unspecified atom stereocenters. The molecule has 0 aliphatic heterocycles. The third-order valence-electron chi connectivity index (χ3n) is 1.48. The second-order valence-corrected chi connectivity index (χ2v) is 5.18. The Hall–Kier alpha value is 0.430. The number of halogens is 4. The third-order valence-corrected chi connectivity index (χ3v) is 2.83. The summed E-state index contributed by atoms with van der Waals surface area (Å²) in [5, 5.41) is 0. The predicted molar refractivity (Wildman–Crippen MR) is 59.3 cm³/mol. The van der Waals surface area contributed by atoms with Gasteiger partial charge in [0.25, 0.3) is 0 Å². The van der Waals surface area contributed by atoms with Gasteiger partial charge in [-0.15, -0.1) is 0 Å². The SMILES string of the molecule is CCN(CC)C(=O)O[C@H](Cl)C(Cl)(Cl)Cl. The number of amides is 1. The summed E-state index contributed by atoms with van der Waals surface area (Å²) in [7, 11) is 0. The molecule has 0 fully saturated rings. The van der Waals surface area contributed by atoms with Crippen LogP contribution in [0, 0.1) is 0 Å². The second kappa shape index (κ2) is 6.11. The maximum absolute atomic E-state index is 11.3. The normalized spacial score (nSPS) is 13.6. The first-order valence-corrected chi connectivity index (χ1v) is 5.56. The highest BCUT2D eigenvalue weighted by Gasteiger charge is 2.35. The molecule has 0 aromatic carbocycles. The van der Waals surface area contributed by atoms with Gasteiger partial charge in [0.1, 0.15) is 0 Å². The molecule has 0 rings (SSSR count). The summed E-state index contributed by atoms with van der Waals surface area (Å²) in [5.74, 6) is 0. The highest BCUT2D eigenvalue weighted by atomic mass is 35.6. The van der Waals surface area contributed by atoms with E-state index in [1.807, 2.05) is 13.8 Å². The monoisotopic (exact) mass is 281 g/mol. The molecule has 0 saturated carbocycles. The van der Waals surface area contributed by atoms with Gasteiger partial charge in [0, 0.05) is 13.1 Å². The van der Waals surface area contributed by atoms with Crippen LogP contribution in [0.5, 0.6) is 0 Å². The summed E-state index contributed by atoms with van der Waals surface area (Å²) in [6.07, 6.45) is -0.596. The highest BCUT2D eigenvalue weighted by Crippen LogP contribution is 2.34. The standard InChI is InChI=1S/C7H11Cl4NO2/c1-3-12(4-2)6(13)14-5(8)7(9,10)11/h5H,3-4H2,1-2H3/t5-/m0/s1. The van der Waals surface area contributed by atoms with Crippen LogP contribution in [0.3, 0.4) is 0 Å². The minimum Gasteiger partial charge on any atom is -0.425 e. The van der Waals surface area contributed by atoms with Crippen LogP contribution in [0.2, 0.25) is 0 Å². The van der Waals surface area contributed by atoms with Gasteiger partial charge in [0.05, 0.1) is 0 Å². The fourth-order valence-electron chi connectivity index (χ4n) is 0.712. The summed E-state index contributed by atoms with van der Waals surface area (Å²) in [6.45, 7) is 4.64. The maximum Gasteiger partial charge on any atom is 0.411 e. The lowest BCUT2D eigenvalue weighted by Gasteiger charge is -2.23. The largest absolute Gasteiger partial charge is 0.425 e. The Kier molecular flexibility index (Phi) is 6.30. The van der Waals surface area contributed by atoms with Crippen molar-refractivity contribution in [2.45, 2.75) is 23.2 Å². The van der Waals surface area contributed by atoms with Crippen LogP contribution >= 0.6 is 46.4 Å². The van der Waals surface area contributed by atoms with E-state index < -0.39 is 15.4 Å². The van der Waals surface area contributed by atoms with Crippen LogP contribution in [-0.2, 0) is 4.74 Å². The van der Waals surface area contributed by atoms with Crippen molar-refractivity contribution in [2.75, 3.05) is 13.1 Å². The van der Waals surface area contributed by atoms with E-state index in [1.54, 1.807) is 0 Å². The molecule has 0 spiro atoms. The van der Waals surface area contributed by atoms with Gasteiger partial charge in [-0.3, -0.25) is 0 Å². The number of hydrogen-bond donors (Lipinski definition) is 0. The van der Waals surface area contributed by atoms with E-state index >= 15 is 0 Å². The van der Waals surface area contributed by atoms with Gasteiger partial charge in [-0.1, -0.05) is 46.4 Å². The minimum absolute atomic E-state index is 0.513. The summed E-state index contributed by atoms with van der Waals surface area (Å²) in [6, 6.07) is 0. The fraction of sp³-hybridized carbons (Fsp3) is 0.857. The second-order valence-electron chi connectivity index (χ2n) is 2.41. The van der Waals surface area contributed by atoms with Crippen LogP contribution < -0.4 is 0 Å². The van der Waals surface area contributed by atoms with Crippen molar-refractivity contribution < 1.29 is 9.53 Å². The number of rotatable bonds is 3. The zero-order valence-electron chi connectivity index (χ0n) is 7.77. The lowest BCUT2D eigenvalue weighted by Crippen LogP contribution is -2.36. The third kappa shape index (κ3) is 4.78. The molecule has 0 aromatic rings. The van der Waals surface area contributed by atoms with Crippen molar-refractivity contribution in [3.8, 4) is 0 Å². The molecule has 0 heterocycles. The molecule has 84 valence electrons. The first kappa shape index (κ1) is 14.4. The molecular weight excluding hydrogens is 272 g/mol. The van der Waals surface area contributed by atoms with E-state index in [0.717, 1.165) is 0 Å². The van der Waals surface area contributed by atoms with E-state index in [1.165, 1.54) is 4.90 Å². The molecule has 1 amide bonds. The van der Waals surface area contributed by atoms with E-state index in [0.29, 0.717) is 13.1 Å². The molecule has 0 aromatic heterocycles. The maximum atomic E-state index is 11.3. The van der Waals surface area contributed by atoms with Crippen molar-refractivity contribution in [1.82, 2.24) is 4.90 Å².